The van der Waals surface area contributed by atoms with E-state index in [0.717, 1.165) is 92.9 Å². The minimum absolute atomic E-state index is 0.00973. The lowest BCUT2D eigenvalue weighted by molar-refractivity contribution is -0.135. The van der Waals surface area contributed by atoms with Crippen LogP contribution < -0.4 is 21.6 Å². The summed E-state index contributed by atoms with van der Waals surface area (Å²) in [5.41, 5.74) is 5.81. The van der Waals surface area contributed by atoms with E-state index in [0.29, 0.717) is 29.6 Å². The molecule has 0 radical (unpaired) electrons. The van der Waals surface area contributed by atoms with E-state index in [1.54, 1.807) is 33.3 Å². The largest absolute Gasteiger partial charge is 0.446 e. The van der Waals surface area contributed by atoms with Crippen molar-refractivity contribution in [2.24, 2.45) is 12.5 Å². The Morgan fingerprint density at radius 2 is 1.63 bits per heavy atom. The van der Waals surface area contributed by atoms with Crippen molar-refractivity contribution in [2.75, 3.05) is 31.5 Å². The lowest BCUT2D eigenvalue weighted by Crippen LogP contribution is -2.46. The van der Waals surface area contributed by atoms with E-state index < -0.39 is 18.0 Å². The summed E-state index contributed by atoms with van der Waals surface area (Å²) in [6, 6.07) is 15.6. The van der Waals surface area contributed by atoms with E-state index >= 15 is 0 Å². The van der Waals surface area contributed by atoms with Gasteiger partial charge < -0.3 is 15.4 Å². The van der Waals surface area contributed by atoms with Crippen molar-refractivity contribution >= 4 is 40.7 Å². The fourth-order valence-electron chi connectivity index (χ4n) is 10.7. The number of nitrogens with one attached hydrogen (secondary N) is 3. The number of nitrogens with zero attached hydrogens (tertiary/aromatic N) is 8. The lowest BCUT2D eigenvalue weighted by Gasteiger charge is -2.47. The Bertz CT molecular complexity index is 2700. The maximum atomic E-state index is 13.6. The van der Waals surface area contributed by atoms with Gasteiger partial charge in [0.2, 0.25) is 11.8 Å². The molecule has 17 nitrogen and oxygen atoms in total. The Morgan fingerprint density at radius 1 is 0.925 bits per heavy atom. The molecule has 3 aromatic heterocycles. The molecular formula is C50H65N11O6. The van der Waals surface area contributed by atoms with Crippen LogP contribution in [0.25, 0.3) is 16.7 Å². The number of aryl methyl sites for hydroxylation is 1. The number of carbonyl (C=O) groups excluding carboxylic acids is 4. The topological polar surface area (TPSA) is 183 Å². The quantitative estimate of drug-likeness (QED) is 0.126. The first-order chi connectivity index (χ1) is 32.0. The van der Waals surface area contributed by atoms with Gasteiger partial charge in [-0.25, -0.2) is 19.0 Å². The zero-order chi connectivity index (χ0) is 47.2. The molecule has 4 amide bonds. The van der Waals surface area contributed by atoms with Crippen molar-refractivity contribution in [3.05, 3.63) is 93.8 Å². The van der Waals surface area contributed by atoms with Crippen molar-refractivity contribution in [3.63, 3.8) is 0 Å². The number of para-hydroxylation sites is 1. The second-order valence-electron chi connectivity index (χ2n) is 20.7. The third kappa shape index (κ3) is 9.84. The molecule has 17 heteroatoms. The van der Waals surface area contributed by atoms with Gasteiger partial charge in [-0.3, -0.25) is 38.6 Å². The van der Waals surface area contributed by atoms with Crippen molar-refractivity contribution in [1.29, 1.82) is 0 Å². The van der Waals surface area contributed by atoms with Crippen molar-refractivity contribution in [1.82, 2.24) is 49.1 Å². The number of benzene rings is 2. The van der Waals surface area contributed by atoms with Gasteiger partial charge in [-0.1, -0.05) is 24.3 Å². The Hall–Kier alpha value is -6.07. The lowest BCUT2D eigenvalue weighted by atomic mass is 9.71. The van der Waals surface area contributed by atoms with Gasteiger partial charge in [-0.15, -0.1) is 0 Å². The number of carbonyl (C=O) groups is 4. The smallest absolute Gasteiger partial charge is 0.407 e. The van der Waals surface area contributed by atoms with Crippen LogP contribution in [0.2, 0.25) is 0 Å². The fraction of sp³-hybridized carbons (Fsp3) is 0.540. The molecule has 1 unspecified atom stereocenters. The first kappa shape index (κ1) is 46.1. The number of fused-ring (bicyclic) bond motifs is 1. The molecule has 67 heavy (non-hydrogen) atoms. The summed E-state index contributed by atoms with van der Waals surface area (Å²) >= 11 is 0. The third-order valence-electron chi connectivity index (χ3n) is 14.5. The van der Waals surface area contributed by atoms with E-state index in [2.05, 4.69) is 82.0 Å². The number of aromatic nitrogens is 6. The molecule has 9 rings (SSSR count). The number of anilines is 1. The summed E-state index contributed by atoms with van der Waals surface area (Å²) in [6.45, 7) is 15.7. The number of imidazole rings is 1. The maximum Gasteiger partial charge on any atom is 0.407 e. The van der Waals surface area contributed by atoms with Crippen molar-refractivity contribution in [2.45, 2.75) is 135 Å². The molecule has 3 atom stereocenters. The van der Waals surface area contributed by atoms with E-state index in [-0.39, 0.29) is 47.5 Å². The van der Waals surface area contributed by atoms with Gasteiger partial charge in [0.15, 0.2) is 0 Å². The van der Waals surface area contributed by atoms with E-state index in [1.165, 1.54) is 18.4 Å². The van der Waals surface area contributed by atoms with E-state index in [4.69, 9.17) is 9.84 Å². The number of rotatable bonds is 11. The third-order valence-corrected chi connectivity index (χ3v) is 14.5. The summed E-state index contributed by atoms with van der Waals surface area (Å²) in [5.74, 6) is -0.245. The highest BCUT2D eigenvalue weighted by molar-refractivity contribution is 6.03. The number of amides is 4. The summed E-state index contributed by atoms with van der Waals surface area (Å²) in [5, 5.41) is 17.8. The van der Waals surface area contributed by atoms with Crippen LogP contribution in [-0.4, -0.2) is 101 Å². The number of ether oxygens (including phenoxy) is 1. The highest BCUT2D eigenvalue weighted by Crippen LogP contribution is 2.42. The predicted molar refractivity (Wildman–Crippen MR) is 254 cm³/mol. The maximum absolute atomic E-state index is 13.6. The average molecular weight is 916 g/mol. The first-order valence-corrected chi connectivity index (χ1v) is 24.0. The second kappa shape index (κ2) is 18.5. The summed E-state index contributed by atoms with van der Waals surface area (Å²) in [4.78, 5) is 68.9. The number of hydrogen-bond acceptors (Lipinski definition) is 10. The van der Waals surface area contributed by atoms with Crippen molar-refractivity contribution < 1.29 is 23.9 Å². The molecule has 1 spiro atoms. The Kier molecular flexibility index (Phi) is 12.7. The molecule has 1 saturated carbocycles. The van der Waals surface area contributed by atoms with Crippen LogP contribution in [0.4, 0.5) is 10.6 Å². The summed E-state index contributed by atoms with van der Waals surface area (Å²) in [7, 11) is 1.77. The van der Waals surface area contributed by atoms with Gasteiger partial charge in [0, 0.05) is 50.8 Å². The van der Waals surface area contributed by atoms with E-state index in [9.17, 15) is 24.0 Å². The van der Waals surface area contributed by atoms with Gasteiger partial charge >= 0.3 is 11.8 Å². The average Bonchev–Trinajstić information content (AvgIpc) is 4.10. The predicted octanol–water partition coefficient (Wildman–Crippen LogP) is 6.36. The van der Waals surface area contributed by atoms with Gasteiger partial charge in [0.1, 0.15) is 18.0 Å². The Labute approximate surface area is 391 Å². The Balaban J connectivity index is 0.759. The summed E-state index contributed by atoms with van der Waals surface area (Å²) < 4.78 is 12.5. The van der Waals surface area contributed by atoms with Crippen LogP contribution in [0.15, 0.2) is 65.7 Å². The highest BCUT2D eigenvalue weighted by atomic mass is 16.6. The minimum atomic E-state index is -0.693. The zero-order valence-electron chi connectivity index (χ0n) is 39.7. The van der Waals surface area contributed by atoms with E-state index in [1.807, 2.05) is 36.7 Å². The number of likely N-dealkylation sites (tertiary alicyclic amines) is 2. The highest BCUT2D eigenvalue weighted by Gasteiger charge is 2.38. The molecule has 2 aromatic carbocycles. The number of hydrogen-bond donors (Lipinski definition) is 3. The van der Waals surface area contributed by atoms with Crippen LogP contribution in [0, 0.1) is 5.41 Å². The molecule has 356 valence electrons. The molecular weight excluding hydrogens is 851 g/mol. The van der Waals surface area contributed by atoms with Crippen LogP contribution >= 0.6 is 0 Å². The minimum Gasteiger partial charge on any atom is -0.446 e. The van der Waals surface area contributed by atoms with Crippen LogP contribution in [0.3, 0.4) is 0 Å². The summed E-state index contributed by atoms with van der Waals surface area (Å²) in [6.07, 6.45) is 10.2. The van der Waals surface area contributed by atoms with Gasteiger partial charge in [0.25, 0.3) is 5.91 Å². The normalized spacial score (nSPS) is 21.6. The molecule has 5 aromatic rings. The van der Waals surface area contributed by atoms with Crippen LogP contribution in [-0.2, 0) is 40.0 Å². The fourth-order valence-corrected chi connectivity index (χ4v) is 10.7. The molecule has 3 saturated heterocycles. The molecule has 3 aliphatic heterocycles. The number of alkyl carbamates (subject to hydrolysis) is 1. The monoisotopic (exact) mass is 916 g/mol. The van der Waals surface area contributed by atoms with Crippen LogP contribution in [0.1, 0.15) is 132 Å². The molecule has 3 N–H and O–H groups in total. The van der Waals surface area contributed by atoms with Gasteiger partial charge in [0.05, 0.1) is 39.7 Å². The standard InChI is InChI=1S/C50H65N11O6/c1-32(2)52-47(65)67-38-15-12-34(26-38)39-27-42(61(55-39)49(3,4)5)53-45(63)36-28-51-59(31-36)37-13-10-33(11-14-37)29-57-22-18-50(19-23-57)20-24-58(25-21-50)30-35-8-7-9-40-44(35)56(6)48(66)60(40)41-16-17-43(62)54-46(41)64/h7-11,13-14,27-28,31-32,34,38,41H,12,15-26,29-30H2,1-6H3,(H,52,65)(H,53,63)(H,54,62,64)/t34-,38+,41?/m0/s1. The first-order valence-electron chi connectivity index (χ1n) is 24.0. The van der Waals surface area contributed by atoms with Crippen molar-refractivity contribution in [3.8, 4) is 5.69 Å². The molecule has 0 bridgehead atoms. The molecule has 6 heterocycles. The second-order valence-corrected chi connectivity index (χ2v) is 20.7. The molecule has 4 fully saturated rings. The molecule has 1 aliphatic carbocycles. The van der Waals surface area contributed by atoms with Crippen LogP contribution in [0.5, 0.6) is 0 Å². The zero-order valence-corrected chi connectivity index (χ0v) is 39.7. The number of imide groups is 1. The Morgan fingerprint density at radius 3 is 2.30 bits per heavy atom. The number of piperidine rings is 3. The molecule has 4 aliphatic rings. The van der Waals surface area contributed by atoms with Gasteiger partial charge in [-0.05, 0) is 147 Å². The SMILES string of the molecule is CC(C)NC(=O)O[C@@H]1CC[C@H](c2cc(NC(=O)c3cnn(-c4ccc(CN5CCC6(CC5)CCN(Cc5cccc7c5n(C)c(=O)n7C5CCC(=O)NC5=O)CC6)cc4)c3)n(C(C)(C)C)n2)C1. The van der Waals surface area contributed by atoms with Gasteiger partial charge in [-0.2, -0.15) is 10.2 Å².